The molecule has 0 radical (unpaired) electrons. The summed E-state index contributed by atoms with van der Waals surface area (Å²) in [4.78, 5) is 37.3. The van der Waals surface area contributed by atoms with Crippen LogP contribution in [0.3, 0.4) is 0 Å². The van der Waals surface area contributed by atoms with Crippen molar-refractivity contribution in [3.63, 3.8) is 0 Å². The third-order valence-electron chi connectivity index (χ3n) is 6.58. The van der Waals surface area contributed by atoms with Crippen molar-refractivity contribution in [3.05, 3.63) is 47.0 Å². The largest absolute Gasteiger partial charge is 0.395 e. The maximum atomic E-state index is 13.1. The standard InChI is InChI=1S/C23H26N6O5S2/c1-27(7-8-30)20-10-17(9-19-21(31)26-23(32)35-19)24-22(25-20)28-11-15-13-29(14-16(15)12-28)36(33,34)18-5-3-2-4-6-18/h2-6,9-10,15-16,30H,7-8,11-14H2,1H3,(H,26,31,32)/b19-9+. The number of hydrogen-bond donors (Lipinski definition) is 2. The zero-order valence-electron chi connectivity index (χ0n) is 19.6. The molecular weight excluding hydrogens is 504 g/mol. The SMILES string of the molecule is CN(CCO)c1cc(/C=C2/SC(=O)NC2=O)nc(N2CC3CN(S(=O)(=O)c4ccccc4)CC3C2)n1. The summed E-state index contributed by atoms with van der Waals surface area (Å²) < 4.78 is 27.7. The molecule has 1 aromatic carbocycles. The number of hydrogen-bond acceptors (Lipinski definition) is 10. The minimum Gasteiger partial charge on any atom is -0.395 e. The highest BCUT2D eigenvalue weighted by atomic mass is 32.2. The number of carbonyl (C=O) groups is 2. The highest BCUT2D eigenvalue weighted by molar-refractivity contribution is 8.18. The maximum absolute atomic E-state index is 13.1. The highest BCUT2D eigenvalue weighted by Crippen LogP contribution is 2.36. The predicted octanol–water partition coefficient (Wildman–Crippen LogP) is 0.986. The Kier molecular flexibility index (Phi) is 6.72. The van der Waals surface area contributed by atoms with E-state index in [9.17, 15) is 23.1 Å². The van der Waals surface area contributed by atoms with Crippen molar-refractivity contribution in [1.82, 2.24) is 19.6 Å². The number of thioether (sulfide) groups is 1. The molecule has 190 valence electrons. The van der Waals surface area contributed by atoms with Gasteiger partial charge in [0.2, 0.25) is 16.0 Å². The van der Waals surface area contributed by atoms with Crippen molar-refractivity contribution in [3.8, 4) is 0 Å². The van der Waals surface area contributed by atoms with Crippen LogP contribution < -0.4 is 15.1 Å². The van der Waals surface area contributed by atoms with Gasteiger partial charge in [-0.05, 0) is 41.8 Å². The first-order chi connectivity index (χ1) is 17.2. The molecule has 36 heavy (non-hydrogen) atoms. The average Bonchev–Trinajstić information content (AvgIpc) is 3.53. The van der Waals surface area contributed by atoms with Crippen LogP contribution in [-0.2, 0) is 14.8 Å². The number of aliphatic hydroxyl groups is 1. The molecule has 0 aliphatic carbocycles. The molecule has 0 bridgehead atoms. The third-order valence-corrected chi connectivity index (χ3v) is 9.24. The molecule has 3 aliphatic rings. The van der Waals surface area contributed by atoms with Crippen LogP contribution in [-0.4, -0.2) is 85.3 Å². The lowest BCUT2D eigenvalue weighted by Gasteiger charge is -2.24. The molecule has 1 aromatic heterocycles. The Hall–Kier alpha value is -3.00. The molecule has 3 fully saturated rings. The Morgan fingerprint density at radius 3 is 2.44 bits per heavy atom. The number of nitrogens with one attached hydrogen (secondary N) is 1. The summed E-state index contributed by atoms with van der Waals surface area (Å²) in [5.74, 6) is 0.848. The Morgan fingerprint density at radius 2 is 1.83 bits per heavy atom. The van der Waals surface area contributed by atoms with Crippen molar-refractivity contribution in [2.75, 3.05) is 56.2 Å². The summed E-state index contributed by atoms with van der Waals surface area (Å²) in [6.45, 7) is 2.36. The molecule has 4 heterocycles. The predicted molar refractivity (Wildman–Crippen MR) is 136 cm³/mol. The van der Waals surface area contributed by atoms with Crippen molar-refractivity contribution in [1.29, 1.82) is 0 Å². The first-order valence-electron chi connectivity index (χ1n) is 11.5. The fraction of sp³-hybridized carbons (Fsp3) is 0.391. The molecule has 2 atom stereocenters. The molecule has 0 spiro atoms. The average molecular weight is 531 g/mol. The van der Waals surface area contributed by atoms with Gasteiger partial charge in [0, 0.05) is 45.8 Å². The van der Waals surface area contributed by atoms with Gasteiger partial charge in [-0.15, -0.1) is 0 Å². The topological polar surface area (TPSA) is 136 Å². The Morgan fingerprint density at radius 1 is 1.14 bits per heavy atom. The van der Waals surface area contributed by atoms with E-state index in [0.717, 1.165) is 11.8 Å². The number of sulfonamides is 1. The van der Waals surface area contributed by atoms with Crippen molar-refractivity contribution in [2.24, 2.45) is 11.8 Å². The van der Waals surface area contributed by atoms with E-state index in [1.807, 2.05) is 4.90 Å². The molecule has 2 amide bonds. The Bertz CT molecular complexity index is 1310. The van der Waals surface area contributed by atoms with Crippen LogP contribution in [0.15, 0.2) is 46.2 Å². The van der Waals surface area contributed by atoms with E-state index in [4.69, 9.17) is 0 Å². The highest BCUT2D eigenvalue weighted by Gasteiger charge is 2.45. The van der Waals surface area contributed by atoms with Crippen LogP contribution in [0, 0.1) is 11.8 Å². The molecule has 3 aliphatic heterocycles. The lowest BCUT2D eigenvalue weighted by Crippen LogP contribution is -2.34. The van der Waals surface area contributed by atoms with Gasteiger partial charge in [-0.2, -0.15) is 9.29 Å². The zero-order valence-corrected chi connectivity index (χ0v) is 21.2. The minimum atomic E-state index is -3.54. The van der Waals surface area contributed by atoms with Crippen molar-refractivity contribution in [2.45, 2.75) is 4.90 Å². The smallest absolute Gasteiger partial charge is 0.290 e. The van der Waals surface area contributed by atoms with Gasteiger partial charge in [-0.25, -0.2) is 13.4 Å². The number of fused-ring (bicyclic) bond motifs is 1. The van der Waals surface area contributed by atoms with E-state index >= 15 is 0 Å². The van der Waals surface area contributed by atoms with Crippen LogP contribution in [0.5, 0.6) is 0 Å². The Balaban J connectivity index is 1.37. The zero-order chi connectivity index (χ0) is 25.4. The quantitative estimate of drug-likeness (QED) is 0.499. The van der Waals surface area contributed by atoms with Gasteiger partial charge in [-0.1, -0.05) is 18.2 Å². The van der Waals surface area contributed by atoms with Crippen LogP contribution >= 0.6 is 11.8 Å². The molecule has 0 saturated carbocycles. The summed E-state index contributed by atoms with van der Waals surface area (Å²) >= 11 is 0.817. The molecule has 3 saturated heterocycles. The maximum Gasteiger partial charge on any atom is 0.290 e. The van der Waals surface area contributed by atoms with E-state index in [-0.39, 0.29) is 23.3 Å². The van der Waals surface area contributed by atoms with Crippen LogP contribution in [0.2, 0.25) is 0 Å². The third kappa shape index (κ3) is 4.83. The summed E-state index contributed by atoms with van der Waals surface area (Å²) in [5, 5.41) is 11.2. The van der Waals surface area contributed by atoms with Crippen LogP contribution in [0.25, 0.3) is 6.08 Å². The van der Waals surface area contributed by atoms with E-state index < -0.39 is 21.2 Å². The second kappa shape index (κ2) is 9.81. The van der Waals surface area contributed by atoms with Gasteiger partial charge < -0.3 is 14.9 Å². The van der Waals surface area contributed by atoms with E-state index in [2.05, 4.69) is 15.3 Å². The number of imide groups is 1. The van der Waals surface area contributed by atoms with E-state index in [0.29, 0.717) is 55.1 Å². The fourth-order valence-corrected chi connectivity index (χ4v) is 6.96. The fourth-order valence-electron chi connectivity index (χ4n) is 4.72. The second-order valence-corrected chi connectivity index (χ2v) is 12.0. The van der Waals surface area contributed by atoms with Crippen LogP contribution in [0.4, 0.5) is 16.6 Å². The summed E-state index contributed by atoms with van der Waals surface area (Å²) in [5.41, 5.74) is 0.470. The number of likely N-dealkylation sites (N-methyl/N-ethyl adjacent to an activating group) is 1. The van der Waals surface area contributed by atoms with Crippen LogP contribution in [0.1, 0.15) is 5.69 Å². The molecule has 2 aromatic rings. The van der Waals surface area contributed by atoms with Gasteiger partial charge in [0.15, 0.2) is 0 Å². The Labute approximate surface area is 213 Å². The van der Waals surface area contributed by atoms with E-state index in [1.165, 1.54) is 0 Å². The molecular formula is C23H26N6O5S2. The number of carbonyl (C=O) groups excluding carboxylic acids is 2. The second-order valence-electron chi connectivity index (χ2n) is 9.01. The van der Waals surface area contributed by atoms with Gasteiger partial charge in [0.05, 0.1) is 22.1 Å². The normalized spacial score (nSPS) is 23.4. The molecule has 13 heteroatoms. The first-order valence-corrected chi connectivity index (χ1v) is 13.8. The van der Waals surface area contributed by atoms with Gasteiger partial charge >= 0.3 is 0 Å². The number of aliphatic hydroxyl groups excluding tert-OH is 1. The molecule has 11 nitrogen and oxygen atoms in total. The number of anilines is 2. The summed E-state index contributed by atoms with van der Waals surface area (Å²) in [6, 6.07) is 10.2. The van der Waals surface area contributed by atoms with Crippen molar-refractivity contribution >= 4 is 50.8 Å². The number of benzene rings is 1. The number of rotatable bonds is 7. The van der Waals surface area contributed by atoms with E-state index in [1.54, 1.807) is 58.7 Å². The number of aromatic nitrogens is 2. The van der Waals surface area contributed by atoms with Gasteiger partial charge in [-0.3, -0.25) is 14.9 Å². The van der Waals surface area contributed by atoms with Gasteiger partial charge in [0.1, 0.15) is 5.82 Å². The first kappa shape index (κ1) is 24.7. The minimum absolute atomic E-state index is 0.0569. The molecule has 2 unspecified atom stereocenters. The van der Waals surface area contributed by atoms with Gasteiger partial charge in [0.25, 0.3) is 11.1 Å². The summed E-state index contributed by atoms with van der Waals surface area (Å²) in [7, 11) is -1.74. The lowest BCUT2D eigenvalue weighted by molar-refractivity contribution is -0.115. The lowest BCUT2D eigenvalue weighted by atomic mass is 10.0. The number of amides is 2. The summed E-state index contributed by atoms with van der Waals surface area (Å²) in [6.07, 6.45) is 1.55. The molecule has 5 rings (SSSR count). The van der Waals surface area contributed by atoms with Crippen molar-refractivity contribution < 1.29 is 23.1 Å². The molecule has 2 N–H and O–H groups in total. The number of nitrogens with zero attached hydrogens (tertiary/aromatic N) is 5. The monoisotopic (exact) mass is 530 g/mol.